The molecule has 0 aromatic carbocycles. The van der Waals surface area contributed by atoms with Crippen LogP contribution in [-0.4, -0.2) is 162 Å². The first-order valence-corrected chi connectivity index (χ1v) is 84.3. The van der Waals surface area contributed by atoms with E-state index in [1.165, 1.54) is 0 Å². The lowest BCUT2D eigenvalue weighted by Gasteiger charge is -2.53. The van der Waals surface area contributed by atoms with E-state index in [1.807, 2.05) is 0 Å². The molecule has 39 heteroatoms. The zero-order chi connectivity index (χ0) is 73.6. The summed E-state index contributed by atoms with van der Waals surface area (Å²) in [6.07, 6.45) is 10.9. The van der Waals surface area contributed by atoms with Gasteiger partial charge in [0.1, 0.15) is 0 Å². The molecule has 0 radical (unpaired) electrons. The normalized spacial score (nSPS) is 25.0. The maximum absolute atomic E-state index is 8.25. The standard InChI is InChI=1S/C54H126I12O13Si14/c1-31-43(55)82(19,67-80(13,14)15)69-84(21,45(57)33-3)71-86(23,47(59)35-5)73-88(25,49(61)37-7)75-90(27,51(63)39-9)77-92(29,53(65)41-11)79-93(30,54(66)42-12)78-91(28,52(64)40-10)76-89(26,50(62)38-8)74-87(24,48(60)36-6)72-85(22,46(58)34-4)70-83(20,44(56)32-2)68-81(16,17)18/h43-54H,31-42H2,1-30H3. The van der Waals surface area contributed by atoms with Gasteiger partial charge in [-0.2, -0.15) is 0 Å². The van der Waals surface area contributed by atoms with Gasteiger partial charge in [-0.1, -0.05) is 354 Å². The minimum Gasteiger partial charge on any atom is -0.436 e. The Bertz CT molecular complexity index is 2070. The third kappa shape index (κ3) is 30.9. The number of rotatable bonds is 50. The average Bonchev–Trinajstić information content (AvgIpc) is 0.766. The summed E-state index contributed by atoms with van der Waals surface area (Å²) in [7, 11) is -41.9. The molecule has 560 valence electrons. The highest BCUT2D eigenvalue weighted by molar-refractivity contribution is 14.1. The van der Waals surface area contributed by atoms with Crippen molar-refractivity contribution in [3.63, 3.8) is 0 Å². The molecule has 0 spiro atoms. The molecule has 13 nitrogen and oxygen atoms in total. The Morgan fingerprint density at radius 1 is 0.151 bits per heavy atom. The third-order valence-electron chi connectivity index (χ3n) is 16.6. The van der Waals surface area contributed by atoms with Crippen LogP contribution in [0.2, 0.25) is 118 Å². The SMILES string of the molecule is CCC(I)[Si](C)(O[Si](C)(C)C)O[Si](C)(O[Si](C)(O[Si](C)(O[Si](C)(O[Si](C)(O[Si](C)(O[Si](C)(O[Si](C)(O[Si](C)(O[Si](C)(O[Si](C)(O[Si](C)(C)C)C(I)CC)C(I)CC)C(I)CC)C(I)CC)C(I)CC)C(I)CC)C(I)CC)C(I)CC)C(I)CC)C(I)CC)C(I)CC. The molecule has 0 heterocycles. The number of hydrogen-bond acceptors (Lipinski definition) is 13. The summed E-state index contributed by atoms with van der Waals surface area (Å²) in [6, 6.07) is 0. The van der Waals surface area contributed by atoms with Crippen molar-refractivity contribution >= 4 is 390 Å². The zero-order valence-corrected chi connectivity index (χ0v) is 102. The number of hydrogen-bond donors (Lipinski definition) is 0. The lowest BCUT2D eigenvalue weighted by Crippen LogP contribution is -2.74. The van der Waals surface area contributed by atoms with Crippen LogP contribution in [0.5, 0.6) is 0 Å². The molecule has 93 heavy (non-hydrogen) atoms. The van der Waals surface area contributed by atoms with E-state index >= 15 is 0 Å². The summed E-state index contributed by atoms with van der Waals surface area (Å²) >= 11 is 31.8. The Morgan fingerprint density at radius 2 is 0.215 bits per heavy atom. The predicted octanol–water partition coefficient (Wildman–Crippen LogP) is 24.8. The van der Waals surface area contributed by atoms with Gasteiger partial charge in [0.2, 0.25) is 0 Å². The van der Waals surface area contributed by atoms with Crippen molar-refractivity contribution in [3.05, 3.63) is 0 Å². The first-order chi connectivity index (χ1) is 42.0. The molecule has 0 aliphatic rings. The molecular formula is C54H126I12O13Si14. The molecule has 0 N–H and O–H groups in total. The van der Waals surface area contributed by atoms with Crippen LogP contribution < -0.4 is 0 Å². The van der Waals surface area contributed by atoms with Gasteiger partial charge >= 0.3 is 103 Å². The molecular weight excluding hydrogens is 2770 g/mol. The summed E-state index contributed by atoms with van der Waals surface area (Å²) < 4.78 is 105. The highest BCUT2D eigenvalue weighted by Gasteiger charge is 2.66. The Labute approximate surface area is 750 Å². The van der Waals surface area contributed by atoms with Crippen molar-refractivity contribution in [2.24, 2.45) is 0 Å². The van der Waals surface area contributed by atoms with E-state index in [2.05, 4.69) is 472 Å². The highest BCUT2D eigenvalue weighted by atomic mass is 127. The van der Waals surface area contributed by atoms with Crippen LogP contribution in [0.3, 0.4) is 0 Å². The van der Waals surface area contributed by atoms with Crippen molar-refractivity contribution < 1.29 is 53.5 Å². The van der Waals surface area contributed by atoms with Gasteiger partial charge in [-0.05, 0) is 195 Å². The van der Waals surface area contributed by atoms with Gasteiger partial charge in [0.05, 0.1) is 42.6 Å². The van der Waals surface area contributed by atoms with E-state index in [0.29, 0.717) is 0 Å². The summed E-state index contributed by atoms with van der Waals surface area (Å²) in [4.78, 5) is 0. The minimum absolute atomic E-state index is 0.0707. The van der Waals surface area contributed by atoms with Crippen LogP contribution in [0, 0.1) is 0 Å². The van der Waals surface area contributed by atoms with Gasteiger partial charge in [0, 0.05) is 0 Å². The monoisotopic (exact) mass is 2900 g/mol. The van der Waals surface area contributed by atoms with Crippen molar-refractivity contribution in [1.82, 2.24) is 0 Å². The summed E-state index contributed by atoms with van der Waals surface area (Å²) in [5.41, 5.74) is 0. The van der Waals surface area contributed by atoms with Crippen LogP contribution in [0.4, 0.5) is 0 Å². The molecule has 24 atom stereocenters. The molecule has 0 saturated carbocycles. The van der Waals surface area contributed by atoms with Crippen molar-refractivity contribution in [3.8, 4) is 0 Å². The van der Waals surface area contributed by atoms with Gasteiger partial charge in [-0.25, -0.2) is 0 Å². The first kappa shape index (κ1) is 104. The smallest absolute Gasteiger partial charge is 0.330 e. The Balaban J connectivity index is 8.66. The van der Waals surface area contributed by atoms with Crippen molar-refractivity contribution in [1.29, 1.82) is 0 Å². The minimum atomic E-state index is -3.32. The fourth-order valence-electron chi connectivity index (χ4n) is 11.9. The fraction of sp³-hybridized carbons (Fsp3) is 1.00. The molecule has 0 bridgehead atoms. The molecule has 24 unspecified atom stereocenters. The van der Waals surface area contributed by atoms with Gasteiger partial charge in [0.25, 0.3) is 0 Å². The zero-order valence-electron chi connectivity index (χ0n) is 62.3. The molecule has 0 aliphatic heterocycles. The summed E-state index contributed by atoms with van der Waals surface area (Å²) in [5, 5.41) is 0. The van der Waals surface area contributed by atoms with Gasteiger partial charge in [-0.3, -0.25) is 0 Å². The third-order valence-corrected chi connectivity index (χ3v) is 130. The summed E-state index contributed by atoms with van der Waals surface area (Å²) in [5.74, 6) is 0. The molecule has 0 saturated heterocycles. The largest absolute Gasteiger partial charge is 0.436 e. The Morgan fingerprint density at radius 3 is 0.269 bits per heavy atom. The lowest BCUT2D eigenvalue weighted by atomic mass is 10.6. The molecule has 0 aromatic heterocycles. The van der Waals surface area contributed by atoms with Crippen LogP contribution in [0.15, 0.2) is 0 Å². The van der Waals surface area contributed by atoms with Crippen molar-refractivity contribution in [2.45, 2.75) is 321 Å². The van der Waals surface area contributed by atoms with E-state index in [1.54, 1.807) is 0 Å². The van der Waals surface area contributed by atoms with E-state index in [9.17, 15) is 0 Å². The highest BCUT2D eigenvalue weighted by Crippen LogP contribution is 2.47. The maximum Gasteiger partial charge on any atom is 0.330 e. The first-order valence-electron chi connectivity index (χ1n) is 33.8. The average molecular weight is 2900 g/mol. The molecule has 0 fully saturated rings. The summed E-state index contributed by atoms with van der Waals surface area (Å²) in [6.45, 7) is 68.9. The second-order valence-corrected chi connectivity index (χ2v) is 112. The number of alkyl halides is 12. The Kier molecular flexibility index (Phi) is 49.6. The predicted molar refractivity (Wildman–Crippen MR) is 537 cm³/mol. The molecule has 0 aliphatic carbocycles. The van der Waals surface area contributed by atoms with Crippen LogP contribution >= 0.6 is 271 Å². The van der Waals surface area contributed by atoms with Crippen molar-refractivity contribution in [2.75, 3.05) is 0 Å². The number of halogens is 12. The molecule has 0 rings (SSSR count). The second-order valence-electron chi connectivity index (χ2n) is 28.3. The van der Waals surface area contributed by atoms with E-state index in [4.69, 9.17) is 53.5 Å². The van der Waals surface area contributed by atoms with Crippen LogP contribution in [-0.2, 0) is 53.5 Å². The molecule has 0 aromatic rings. The van der Waals surface area contributed by atoms with E-state index in [0.717, 1.165) is 77.0 Å². The van der Waals surface area contributed by atoms with E-state index in [-0.39, 0.29) is 42.6 Å². The van der Waals surface area contributed by atoms with Gasteiger partial charge in [-0.15, -0.1) is 0 Å². The Hall–Kier alpha value is 11.3. The van der Waals surface area contributed by atoms with Gasteiger partial charge in [0.15, 0.2) is 16.6 Å². The second kappa shape index (κ2) is 44.2. The van der Waals surface area contributed by atoms with E-state index < -0.39 is 119 Å². The lowest BCUT2D eigenvalue weighted by molar-refractivity contribution is 0.233. The van der Waals surface area contributed by atoms with Crippen LogP contribution in [0.1, 0.15) is 160 Å². The van der Waals surface area contributed by atoms with Gasteiger partial charge < -0.3 is 53.5 Å². The molecule has 0 amide bonds. The van der Waals surface area contributed by atoms with Crippen LogP contribution in [0.25, 0.3) is 0 Å². The quantitative estimate of drug-likeness (QED) is 0.0327. The fourth-order valence-corrected chi connectivity index (χ4v) is 112. The maximum atomic E-state index is 8.25. The topological polar surface area (TPSA) is 120 Å².